The maximum absolute atomic E-state index is 11.8. The molecule has 0 saturated carbocycles. The number of anilines is 2. The number of nitrogens with zero attached hydrogens (tertiary/aromatic N) is 1. The van der Waals surface area contributed by atoms with Gasteiger partial charge in [0.2, 0.25) is 0 Å². The van der Waals surface area contributed by atoms with Gasteiger partial charge < -0.3 is 10.6 Å². The highest BCUT2D eigenvalue weighted by Gasteiger charge is 2.23. The number of hydrogen-bond donors (Lipinski definition) is 1. The fourth-order valence-electron chi connectivity index (χ4n) is 2.57. The molecule has 0 aliphatic carbocycles. The van der Waals surface area contributed by atoms with Crippen molar-refractivity contribution >= 4 is 11.4 Å². The van der Waals surface area contributed by atoms with Gasteiger partial charge in [-0.25, -0.2) is 0 Å². The van der Waals surface area contributed by atoms with E-state index in [-0.39, 0.29) is 5.69 Å². The largest absolute Gasteiger partial charge is 0.394 e. The maximum Gasteiger partial charge on any atom is 0.253 e. The van der Waals surface area contributed by atoms with Crippen molar-refractivity contribution in [2.75, 3.05) is 17.2 Å². The third-order valence-electron chi connectivity index (χ3n) is 3.91. The summed E-state index contributed by atoms with van der Waals surface area (Å²) in [6.45, 7) is 11.6. The second kappa shape index (κ2) is 8.51. The standard InChI is InChI=1S/C17H22N2O2.C2H6/c1-4-8-19(15-14(18)16(20)17(15)21)10-13-9-12(5-2)7-6-11(13)3;1-2/h6-7,9H,4-5,8,10,18H2,1-3H3;1-2H3. The van der Waals surface area contributed by atoms with Crippen LogP contribution in [0.3, 0.4) is 0 Å². The molecule has 2 rings (SSSR count). The predicted molar refractivity (Wildman–Crippen MR) is 99.0 cm³/mol. The summed E-state index contributed by atoms with van der Waals surface area (Å²) < 4.78 is 0. The topological polar surface area (TPSA) is 63.4 Å². The lowest BCUT2D eigenvalue weighted by molar-refractivity contribution is 0.758. The first-order valence-corrected chi connectivity index (χ1v) is 8.41. The number of aryl methyl sites for hydroxylation is 2. The van der Waals surface area contributed by atoms with Crippen LogP contribution in [-0.2, 0) is 13.0 Å². The minimum absolute atomic E-state index is 0.109. The highest BCUT2D eigenvalue weighted by atomic mass is 16.2. The Hall–Kier alpha value is -2.10. The number of hydrogen-bond acceptors (Lipinski definition) is 4. The average Bonchev–Trinajstić information content (AvgIpc) is 2.58. The number of rotatable bonds is 6. The van der Waals surface area contributed by atoms with Crippen LogP contribution in [-0.4, -0.2) is 6.54 Å². The molecule has 2 N–H and O–H groups in total. The molecule has 0 aliphatic rings. The molecule has 0 atom stereocenters. The van der Waals surface area contributed by atoms with Gasteiger partial charge in [-0.3, -0.25) is 9.59 Å². The lowest BCUT2D eigenvalue weighted by atomic mass is 10.0. The van der Waals surface area contributed by atoms with Crippen LogP contribution in [0.5, 0.6) is 0 Å². The monoisotopic (exact) mass is 316 g/mol. The zero-order chi connectivity index (χ0) is 17.6. The van der Waals surface area contributed by atoms with Crippen molar-refractivity contribution in [1.29, 1.82) is 0 Å². The predicted octanol–water partition coefficient (Wildman–Crippen LogP) is 3.18. The summed E-state index contributed by atoms with van der Waals surface area (Å²) in [6.07, 6.45) is 1.87. The van der Waals surface area contributed by atoms with Crippen molar-refractivity contribution in [3.05, 3.63) is 55.3 Å². The van der Waals surface area contributed by atoms with Crippen LogP contribution in [0.1, 0.15) is 50.8 Å². The van der Waals surface area contributed by atoms with E-state index in [4.69, 9.17) is 5.73 Å². The summed E-state index contributed by atoms with van der Waals surface area (Å²) in [6, 6.07) is 6.39. The van der Waals surface area contributed by atoms with E-state index >= 15 is 0 Å². The number of nitrogens with two attached hydrogens (primary N) is 1. The molecule has 2 aromatic rings. The lowest BCUT2D eigenvalue weighted by Crippen LogP contribution is -2.42. The van der Waals surface area contributed by atoms with Crippen LogP contribution < -0.4 is 21.5 Å². The first-order valence-electron chi connectivity index (χ1n) is 8.41. The molecular formula is C19H28N2O2. The van der Waals surface area contributed by atoms with Crippen molar-refractivity contribution in [3.8, 4) is 0 Å². The fraction of sp³-hybridized carbons (Fsp3) is 0.474. The molecule has 126 valence electrons. The molecule has 4 heteroatoms. The molecule has 0 bridgehead atoms. The van der Waals surface area contributed by atoms with Crippen molar-refractivity contribution in [3.63, 3.8) is 0 Å². The summed E-state index contributed by atoms with van der Waals surface area (Å²) >= 11 is 0. The van der Waals surface area contributed by atoms with E-state index in [9.17, 15) is 9.59 Å². The molecule has 0 amide bonds. The normalized spacial score (nSPS) is 10.3. The lowest BCUT2D eigenvalue weighted by Gasteiger charge is -2.27. The van der Waals surface area contributed by atoms with E-state index in [1.807, 2.05) is 25.7 Å². The molecule has 4 nitrogen and oxygen atoms in total. The van der Waals surface area contributed by atoms with E-state index in [0.29, 0.717) is 18.8 Å². The molecule has 2 aromatic carbocycles. The van der Waals surface area contributed by atoms with Crippen molar-refractivity contribution in [1.82, 2.24) is 0 Å². The maximum atomic E-state index is 11.8. The molecule has 23 heavy (non-hydrogen) atoms. The first kappa shape index (κ1) is 18.9. The second-order valence-electron chi connectivity index (χ2n) is 5.46. The molecule has 0 unspecified atom stereocenters. The molecule has 0 spiro atoms. The van der Waals surface area contributed by atoms with E-state index in [1.54, 1.807) is 0 Å². The van der Waals surface area contributed by atoms with Gasteiger partial charge in [-0.1, -0.05) is 45.9 Å². The summed E-state index contributed by atoms with van der Waals surface area (Å²) in [5, 5.41) is 0. The average molecular weight is 316 g/mol. The molecule has 0 aromatic heterocycles. The van der Waals surface area contributed by atoms with E-state index in [1.165, 1.54) is 16.7 Å². The Morgan fingerprint density at radius 1 is 1.09 bits per heavy atom. The highest BCUT2D eigenvalue weighted by Crippen LogP contribution is 2.22. The van der Waals surface area contributed by atoms with Crippen LogP contribution in [0.25, 0.3) is 0 Å². The van der Waals surface area contributed by atoms with E-state index in [0.717, 1.165) is 12.8 Å². The van der Waals surface area contributed by atoms with Gasteiger partial charge in [-0.15, -0.1) is 0 Å². The van der Waals surface area contributed by atoms with Crippen LogP contribution >= 0.6 is 0 Å². The van der Waals surface area contributed by atoms with Crippen LogP contribution in [0.4, 0.5) is 11.4 Å². The minimum atomic E-state index is -0.551. The molecule has 0 heterocycles. The van der Waals surface area contributed by atoms with Crippen LogP contribution in [0.15, 0.2) is 27.8 Å². The quantitative estimate of drug-likeness (QED) is 0.831. The smallest absolute Gasteiger partial charge is 0.253 e. The minimum Gasteiger partial charge on any atom is -0.394 e. The van der Waals surface area contributed by atoms with Crippen LogP contribution in [0, 0.1) is 6.92 Å². The van der Waals surface area contributed by atoms with Crippen molar-refractivity contribution < 1.29 is 0 Å². The third-order valence-corrected chi connectivity index (χ3v) is 3.91. The number of nitrogen functional groups attached to an aromatic ring is 1. The Balaban J connectivity index is 0.00000127. The van der Waals surface area contributed by atoms with Gasteiger partial charge in [-0.2, -0.15) is 0 Å². The van der Waals surface area contributed by atoms with Gasteiger partial charge in [0, 0.05) is 13.1 Å². The van der Waals surface area contributed by atoms with Gasteiger partial charge in [0.25, 0.3) is 10.9 Å². The molecule has 0 fully saturated rings. The van der Waals surface area contributed by atoms with Gasteiger partial charge in [0.05, 0.1) is 0 Å². The summed E-state index contributed by atoms with van der Waals surface area (Å²) in [7, 11) is 0. The van der Waals surface area contributed by atoms with Gasteiger partial charge in [-0.05, 0) is 36.5 Å². The zero-order valence-electron chi connectivity index (χ0n) is 14.9. The second-order valence-corrected chi connectivity index (χ2v) is 5.46. The molecule has 0 radical (unpaired) electrons. The van der Waals surface area contributed by atoms with Crippen LogP contribution in [0.2, 0.25) is 0 Å². The summed E-state index contributed by atoms with van der Waals surface area (Å²) in [5.74, 6) is 0. The third kappa shape index (κ3) is 4.01. The SMILES string of the molecule is CC.CCCN(Cc1cc(CC)ccc1C)c1c(N)c(=O)c1=O. The van der Waals surface area contributed by atoms with Gasteiger partial charge in [0.1, 0.15) is 11.4 Å². The Labute approximate surface area is 138 Å². The van der Waals surface area contributed by atoms with Gasteiger partial charge in [0.15, 0.2) is 0 Å². The summed E-state index contributed by atoms with van der Waals surface area (Å²) in [4.78, 5) is 25.0. The Bertz CT molecular complexity index is 713. The highest BCUT2D eigenvalue weighted by molar-refractivity contribution is 5.72. The Kier molecular flexibility index (Phi) is 7.01. The zero-order valence-corrected chi connectivity index (χ0v) is 14.9. The van der Waals surface area contributed by atoms with Crippen molar-refractivity contribution in [2.45, 2.75) is 54.0 Å². The van der Waals surface area contributed by atoms with Gasteiger partial charge >= 0.3 is 0 Å². The summed E-state index contributed by atoms with van der Waals surface area (Å²) in [5.41, 5.74) is 8.83. The molecule has 0 saturated heterocycles. The Morgan fingerprint density at radius 3 is 2.26 bits per heavy atom. The fourth-order valence-corrected chi connectivity index (χ4v) is 2.57. The first-order chi connectivity index (χ1) is 11.0. The number of benzene rings is 1. The van der Waals surface area contributed by atoms with E-state index in [2.05, 4.69) is 32.0 Å². The Morgan fingerprint density at radius 2 is 1.74 bits per heavy atom. The molecule has 0 aliphatic heterocycles. The van der Waals surface area contributed by atoms with Crippen molar-refractivity contribution in [2.24, 2.45) is 0 Å². The van der Waals surface area contributed by atoms with E-state index < -0.39 is 10.9 Å². The molecular weight excluding hydrogens is 288 g/mol.